The molecule has 144 valence electrons. The zero-order chi connectivity index (χ0) is 19.8. The van der Waals surface area contributed by atoms with Crippen molar-refractivity contribution >= 4 is 23.4 Å². The van der Waals surface area contributed by atoms with E-state index in [2.05, 4.69) is 42.6 Å². The van der Waals surface area contributed by atoms with Crippen LogP contribution in [0.4, 0.5) is 0 Å². The Hall–Kier alpha value is -2.47. The van der Waals surface area contributed by atoms with Crippen LogP contribution in [0.25, 0.3) is 0 Å². The molecule has 0 heterocycles. The molecule has 0 aliphatic rings. The number of hydrogen-bond donors (Lipinski definition) is 1. The number of hydrazone groups is 1. The highest BCUT2D eigenvalue weighted by molar-refractivity contribution is 7.99. The fraction of sp³-hybridized carbons (Fsp3) is 0.333. The lowest BCUT2D eigenvalue weighted by Crippen LogP contribution is -2.21. The van der Waals surface area contributed by atoms with Crippen LogP contribution in [0.1, 0.15) is 29.2 Å². The van der Waals surface area contributed by atoms with E-state index >= 15 is 0 Å². The van der Waals surface area contributed by atoms with Gasteiger partial charge in [-0.2, -0.15) is 5.10 Å². The quantitative estimate of drug-likeness (QED) is 0.548. The van der Waals surface area contributed by atoms with Crippen molar-refractivity contribution in [3.63, 3.8) is 0 Å². The van der Waals surface area contributed by atoms with Crippen molar-refractivity contribution in [1.82, 2.24) is 5.43 Å². The number of nitrogens with one attached hydrogen (secondary N) is 1. The lowest BCUT2D eigenvalue weighted by atomic mass is 10.1. The highest BCUT2D eigenvalue weighted by Gasteiger charge is 2.07. The highest BCUT2D eigenvalue weighted by Crippen LogP contribution is 2.27. The summed E-state index contributed by atoms with van der Waals surface area (Å²) < 4.78 is 10.5. The molecule has 0 spiro atoms. The number of aryl methyl sites for hydroxylation is 2. The van der Waals surface area contributed by atoms with E-state index in [0.717, 1.165) is 11.3 Å². The van der Waals surface area contributed by atoms with Gasteiger partial charge >= 0.3 is 0 Å². The summed E-state index contributed by atoms with van der Waals surface area (Å²) in [5.74, 6) is 2.31. The van der Waals surface area contributed by atoms with Crippen LogP contribution < -0.4 is 14.9 Å². The summed E-state index contributed by atoms with van der Waals surface area (Å²) in [5.41, 5.74) is 7.88. The van der Waals surface area contributed by atoms with Crippen molar-refractivity contribution in [3.05, 3.63) is 58.7 Å². The SMILES string of the molecule is COc1ccc(/C(C)=N/NC(=O)CSCc2cc(C)cc(C)c2)cc1OC. The van der Waals surface area contributed by atoms with Gasteiger partial charge in [-0.15, -0.1) is 11.8 Å². The predicted octanol–water partition coefficient (Wildman–Crippen LogP) is 4.09. The number of hydrogen-bond acceptors (Lipinski definition) is 5. The number of benzene rings is 2. The number of thioether (sulfide) groups is 1. The molecule has 0 aliphatic heterocycles. The average Bonchev–Trinajstić information content (AvgIpc) is 2.64. The molecule has 6 heteroatoms. The summed E-state index contributed by atoms with van der Waals surface area (Å²) in [4.78, 5) is 12.0. The monoisotopic (exact) mass is 386 g/mol. The van der Waals surface area contributed by atoms with Crippen LogP contribution in [0, 0.1) is 13.8 Å². The maximum atomic E-state index is 12.0. The van der Waals surface area contributed by atoms with Gasteiger partial charge in [-0.25, -0.2) is 5.43 Å². The molecule has 0 unspecified atom stereocenters. The maximum absolute atomic E-state index is 12.0. The molecule has 2 rings (SSSR count). The van der Waals surface area contributed by atoms with Crippen molar-refractivity contribution in [2.75, 3.05) is 20.0 Å². The first-order valence-corrected chi connectivity index (χ1v) is 9.79. The molecule has 1 amide bonds. The van der Waals surface area contributed by atoms with Crippen molar-refractivity contribution in [1.29, 1.82) is 0 Å². The summed E-state index contributed by atoms with van der Waals surface area (Å²) in [7, 11) is 3.18. The molecule has 0 bridgehead atoms. The highest BCUT2D eigenvalue weighted by atomic mass is 32.2. The first-order valence-electron chi connectivity index (χ1n) is 8.63. The van der Waals surface area contributed by atoms with Crippen LogP contribution in [0.3, 0.4) is 0 Å². The summed E-state index contributed by atoms with van der Waals surface area (Å²) in [6.07, 6.45) is 0. The topological polar surface area (TPSA) is 59.9 Å². The van der Waals surface area contributed by atoms with Crippen LogP contribution >= 0.6 is 11.8 Å². The summed E-state index contributed by atoms with van der Waals surface area (Å²) >= 11 is 1.57. The van der Waals surface area contributed by atoms with E-state index in [1.54, 1.807) is 26.0 Å². The van der Waals surface area contributed by atoms with Crippen LogP contribution in [0.5, 0.6) is 11.5 Å². The Morgan fingerprint density at radius 3 is 2.33 bits per heavy atom. The number of ether oxygens (including phenoxy) is 2. The molecular weight excluding hydrogens is 360 g/mol. The molecule has 0 saturated heterocycles. The molecule has 2 aromatic rings. The third-order valence-corrected chi connectivity index (χ3v) is 4.94. The van der Waals surface area contributed by atoms with Gasteiger partial charge in [-0.1, -0.05) is 29.3 Å². The lowest BCUT2D eigenvalue weighted by molar-refractivity contribution is -0.118. The number of amides is 1. The van der Waals surface area contributed by atoms with Gasteiger partial charge in [0.25, 0.3) is 0 Å². The van der Waals surface area contributed by atoms with Gasteiger partial charge in [0.1, 0.15) is 0 Å². The van der Waals surface area contributed by atoms with E-state index in [1.165, 1.54) is 16.7 Å². The van der Waals surface area contributed by atoms with Gasteiger partial charge < -0.3 is 9.47 Å². The predicted molar refractivity (Wildman–Crippen MR) is 112 cm³/mol. The number of carbonyl (C=O) groups excluding carboxylic acids is 1. The minimum absolute atomic E-state index is 0.121. The fourth-order valence-corrected chi connectivity index (χ4v) is 3.47. The summed E-state index contributed by atoms with van der Waals surface area (Å²) in [5, 5.41) is 4.19. The summed E-state index contributed by atoms with van der Waals surface area (Å²) in [6, 6.07) is 12.0. The Kier molecular flexibility index (Phi) is 7.73. The first kappa shape index (κ1) is 20.8. The van der Waals surface area contributed by atoms with E-state index < -0.39 is 0 Å². The second kappa shape index (κ2) is 10.0. The molecule has 0 radical (unpaired) electrons. The van der Waals surface area contributed by atoms with Gasteiger partial charge in [0, 0.05) is 11.3 Å². The van der Waals surface area contributed by atoms with Crippen LogP contribution in [0.2, 0.25) is 0 Å². The molecule has 27 heavy (non-hydrogen) atoms. The van der Waals surface area contributed by atoms with E-state index in [4.69, 9.17) is 9.47 Å². The third kappa shape index (κ3) is 6.32. The molecule has 1 N–H and O–H groups in total. The smallest absolute Gasteiger partial charge is 0.250 e. The summed E-state index contributed by atoms with van der Waals surface area (Å²) in [6.45, 7) is 6.00. The molecule has 0 aromatic heterocycles. The van der Waals surface area contributed by atoms with E-state index in [-0.39, 0.29) is 5.91 Å². The van der Waals surface area contributed by atoms with E-state index in [9.17, 15) is 4.79 Å². The third-order valence-electron chi connectivity index (χ3n) is 3.93. The molecular formula is C21H26N2O3S. The number of rotatable bonds is 8. The Morgan fingerprint density at radius 1 is 1.04 bits per heavy atom. The van der Waals surface area contributed by atoms with E-state index in [0.29, 0.717) is 23.0 Å². The van der Waals surface area contributed by atoms with Crippen molar-refractivity contribution in [3.8, 4) is 11.5 Å². The minimum atomic E-state index is -0.121. The lowest BCUT2D eigenvalue weighted by Gasteiger charge is -2.09. The van der Waals surface area contributed by atoms with Gasteiger partial charge in [-0.3, -0.25) is 4.79 Å². The second-order valence-electron chi connectivity index (χ2n) is 6.29. The molecule has 0 aliphatic carbocycles. The van der Waals surface area contributed by atoms with Crippen LogP contribution in [-0.4, -0.2) is 31.6 Å². The first-order chi connectivity index (χ1) is 12.9. The van der Waals surface area contributed by atoms with Crippen LogP contribution in [0.15, 0.2) is 41.5 Å². The van der Waals surface area contributed by atoms with Crippen LogP contribution in [-0.2, 0) is 10.5 Å². The number of carbonyl (C=O) groups is 1. The van der Waals surface area contributed by atoms with E-state index in [1.807, 2.05) is 25.1 Å². The Balaban J connectivity index is 1.88. The Labute approximate surface area is 165 Å². The average molecular weight is 387 g/mol. The largest absolute Gasteiger partial charge is 0.493 e. The molecule has 0 atom stereocenters. The zero-order valence-corrected chi connectivity index (χ0v) is 17.3. The Morgan fingerprint density at radius 2 is 1.70 bits per heavy atom. The standard InChI is InChI=1S/C21H26N2O3S/c1-14-8-15(2)10-17(9-14)12-27-13-21(24)23-22-16(3)18-6-7-19(25-4)20(11-18)26-5/h6-11H,12-13H2,1-5H3,(H,23,24)/b22-16+. The van der Waals surface area contributed by atoms with Gasteiger partial charge in [0.05, 0.1) is 25.7 Å². The van der Waals surface area contributed by atoms with Gasteiger partial charge in [0.15, 0.2) is 11.5 Å². The fourth-order valence-electron chi connectivity index (χ4n) is 2.72. The van der Waals surface area contributed by atoms with Crippen molar-refractivity contribution in [2.45, 2.75) is 26.5 Å². The molecule has 0 saturated carbocycles. The minimum Gasteiger partial charge on any atom is -0.493 e. The normalized spacial score (nSPS) is 11.2. The number of nitrogens with zero attached hydrogens (tertiary/aromatic N) is 1. The molecule has 2 aromatic carbocycles. The molecule has 0 fully saturated rings. The number of methoxy groups -OCH3 is 2. The second-order valence-corrected chi connectivity index (χ2v) is 7.28. The van der Waals surface area contributed by atoms with Crippen molar-refractivity contribution in [2.24, 2.45) is 5.10 Å². The zero-order valence-electron chi connectivity index (χ0n) is 16.5. The van der Waals surface area contributed by atoms with Gasteiger partial charge in [0.2, 0.25) is 5.91 Å². The van der Waals surface area contributed by atoms with Crippen molar-refractivity contribution < 1.29 is 14.3 Å². The Bertz CT molecular complexity index is 814. The van der Waals surface area contributed by atoms with Gasteiger partial charge in [-0.05, 0) is 44.5 Å². The maximum Gasteiger partial charge on any atom is 0.250 e. The molecule has 5 nitrogen and oxygen atoms in total.